The number of amides is 2. The zero-order chi connectivity index (χ0) is 29.5. The predicted molar refractivity (Wildman–Crippen MR) is 170 cm³/mol. The van der Waals surface area contributed by atoms with Gasteiger partial charge in [0.15, 0.2) is 0 Å². The van der Waals surface area contributed by atoms with Crippen molar-refractivity contribution < 1.29 is 14.3 Å². The average molecular weight is 645 g/mol. The highest BCUT2D eigenvalue weighted by atomic mass is 79.9. The van der Waals surface area contributed by atoms with Crippen LogP contribution in [0.15, 0.2) is 34.8 Å². The van der Waals surface area contributed by atoms with Gasteiger partial charge in [0.25, 0.3) is 5.91 Å². The van der Waals surface area contributed by atoms with Gasteiger partial charge in [-0.05, 0) is 57.0 Å². The van der Waals surface area contributed by atoms with E-state index in [4.69, 9.17) is 4.74 Å². The molecule has 0 bridgehead atoms. The van der Waals surface area contributed by atoms with E-state index in [1.54, 1.807) is 11.3 Å². The first-order valence-corrected chi connectivity index (χ1v) is 16.7. The Kier molecular flexibility index (Phi) is 9.06. The van der Waals surface area contributed by atoms with Crippen LogP contribution >= 0.6 is 27.3 Å². The summed E-state index contributed by atoms with van der Waals surface area (Å²) in [5.41, 5.74) is 1.91. The summed E-state index contributed by atoms with van der Waals surface area (Å²) >= 11 is 5.65. The SMILES string of the molecule is CC(C)(C)c1sc(C(C)(C)C)c(C(=O)N2CC3CN(CC[C@H](NC(=O)C4CCOC4)c4ccccc4)CC3C2)c1Br. The van der Waals surface area contributed by atoms with E-state index in [1.807, 2.05) is 18.2 Å². The van der Waals surface area contributed by atoms with Gasteiger partial charge in [0.05, 0.1) is 24.1 Å². The summed E-state index contributed by atoms with van der Waals surface area (Å²) in [4.78, 5) is 34.0. The van der Waals surface area contributed by atoms with Gasteiger partial charge >= 0.3 is 0 Å². The number of hydrogen-bond acceptors (Lipinski definition) is 5. The molecule has 4 atom stereocenters. The number of halogens is 1. The van der Waals surface area contributed by atoms with Crippen molar-refractivity contribution in [1.82, 2.24) is 15.1 Å². The molecule has 3 unspecified atom stereocenters. The first kappa shape index (κ1) is 30.7. The average Bonchev–Trinajstić information content (AvgIpc) is 3.69. The van der Waals surface area contributed by atoms with E-state index in [2.05, 4.69) is 84.7 Å². The lowest BCUT2D eigenvalue weighted by Gasteiger charge is -2.26. The van der Waals surface area contributed by atoms with Crippen LogP contribution in [0.25, 0.3) is 0 Å². The summed E-state index contributed by atoms with van der Waals surface area (Å²) in [5.74, 6) is 1.23. The molecular formula is C33H46BrN3O3S. The third kappa shape index (κ3) is 6.76. The van der Waals surface area contributed by atoms with Crippen molar-refractivity contribution in [1.29, 1.82) is 0 Å². The molecule has 3 aliphatic heterocycles. The van der Waals surface area contributed by atoms with Gasteiger partial charge in [-0.25, -0.2) is 0 Å². The zero-order valence-corrected chi connectivity index (χ0v) is 27.9. The van der Waals surface area contributed by atoms with Crippen LogP contribution in [0.4, 0.5) is 0 Å². The lowest BCUT2D eigenvalue weighted by molar-refractivity contribution is -0.125. The Morgan fingerprint density at radius 1 is 1.00 bits per heavy atom. The number of rotatable bonds is 7. The fraction of sp³-hybridized carbons (Fsp3) is 0.636. The van der Waals surface area contributed by atoms with Gasteiger partial charge in [-0.3, -0.25) is 9.59 Å². The highest BCUT2D eigenvalue weighted by Crippen LogP contribution is 2.46. The maximum Gasteiger partial charge on any atom is 0.256 e. The summed E-state index contributed by atoms with van der Waals surface area (Å²) in [6.45, 7) is 19.0. The fourth-order valence-corrected chi connectivity index (χ4v) is 9.20. The van der Waals surface area contributed by atoms with Crippen LogP contribution in [0.5, 0.6) is 0 Å². The highest BCUT2D eigenvalue weighted by Gasteiger charge is 2.43. The first-order chi connectivity index (χ1) is 19.3. The van der Waals surface area contributed by atoms with E-state index in [1.165, 1.54) is 9.75 Å². The quantitative estimate of drug-likeness (QED) is 0.380. The number of likely N-dealkylation sites (tertiary alicyclic amines) is 2. The van der Waals surface area contributed by atoms with Crippen molar-refractivity contribution >= 4 is 39.1 Å². The minimum Gasteiger partial charge on any atom is -0.381 e. The van der Waals surface area contributed by atoms with Gasteiger partial charge in [0.2, 0.25) is 5.91 Å². The highest BCUT2D eigenvalue weighted by molar-refractivity contribution is 9.10. The lowest BCUT2D eigenvalue weighted by Crippen LogP contribution is -2.37. The third-order valence-corrected chi connectivity index (χ3v) is 11.9. The molecule has 4 heterocycles. The van der Waals surface area contributed by atoms with E-state index in [-0.39, 0.29) is 34.6 Å². The predicted octanol–water partition coefficient (Wildman–Crippen LogP) is 6.39. The molecule has 1 aromatic heterocycles. The van der Waals surface area contributed by atoms with Crippen molar-refractivity contribution in [2.24, 2.45) is 17.8 Å². The summed E-state index contributed by atoms with van der Waals surface area (Å²) in [7, 11) is 0. The Morgan fingerprint density at radius 2 is 1.63 bits per heavy atom. The van der Waals surface area contributed by atoms with Gasteiger partial charge in [-0.15, -0.1) is 11.3 Å². The molecule has 1 aromatic carbocycles. The van der Waals surface area contributed by atoms with Gasteiger partial charge in [-0.1, -0.05) is 71.9 Å². The molecule has 6 nitrogen and oxygen atoms in total. The molecule has 224 valence electrons. The second-order valence-corrected chi connectivity index (χ2v) is 16.1. The van der Waals surface area contributed by atoms with Crippen LogP contribution in [0.3, 0.4) is 0 Å². The minimum atomic E-state index is -0.0937. The molecule has 3 saturated heterocycles. The van der Waals surface area contributed by atoms with Crippen molar-refractivity contribution in [2.75, 3.05) is 45.9 Å². The normalized spacial score (nSPS) is 24.1. The van der Waals surface area contributed by atoms with Crippen molar-refractivity contribution in [2.45, 2.75) is 71.3 Å². The van der Waals surface area contributed by atoms with Crippen LogP contribution < -0.4 is 5.32 Å². The Labute approximate surface area is 258 Å². The Balaban J connectivity index is 1.22. The van der Waals surface area contributed by atoms with Gasteiger partial charge in [-0.2, -0.15) is 0 Å². The number of hydrogen-bond donors (Lipinski definition) is 1. The monoisotopic (exact) mass is 643 g/mol. The molecule has 2 amide bonds. The number of ether oxygens (including phenoxy) is 1. The van der Waals surface area contributed by atoms with Crippen LogP contribution in [-0.4, -0.2) is 67.6 Å². The largest absolute Gasteiger partial charge is 0.381 e. The van der Waals surface area contributed by atoms with Gasteiger partial charge in [0.1, 0.15) is 0 Å². The zero-order valence-electron chi connectivity index (χ0n) is 25.5. The topological polar surface area (TPSA) is 61.9 Å². The smallest absolute Gasteiger partial charge is 0.256 e. The molecule has 0 aliphatic carbocycles. The summed E-state index contributed by atoms with van der Waals surface area (Å²) in [5, 5.41) is 3.32. The lowest BCUT2D eigenvalue weighted by atomic mass is 9.89. The number of thiophene rings is 1. The summed E-state index contributed by atoms with van der Waals surface area (Å²) < 4.78 is 6.44. The maximum atomic E-state index is 14.0. The number of benzene rings is 1. The van der Waals surface area contributed by atoms with Crippen molar-refractivity contribution in [3.8, 4) is 0 Å². The summed E-state index contributed by atoms with van der Waals surface area (Å²) in [6, 6.07) is 10.3. The van der Waals surface area contributed by atoms with E-state index in [0.29, 0.717) is 25.0 Å². The Hall–Kier alpha value is -1.74. The second kappa shape index (κ2) is 12.1. The number of carbonyl (C=O) groups is 2. The van der Waals surface area contributed by atoms with Crippen LogP contribution in [0, 0.1) is 17.8 Å². The van der Waals surface area contributed by atoms with Crippen LogP contribution in [-0.2, 0) is 20.4 Å². The molecule has 0 saturated carbocycles. The van der Waals surface area contributed by atoms with Crippen molar-refractivity contribution in [3.63, 3.8) is 0 Å². The van der Waals surface area contributed by atoms with Crippen molar-refractivity contribution in [3.05, 3.63) is 55.7 Å². The van der Waals surface area contributed by atoms with Gasteiger partial charge in [0, 0.05) is 53.6 Å². The molecular weight excluding hydrogens is 598 g/mol. The second-order valence-electron chi connectivity index (χ2n) is 14.3. The molecule has 5 rings (SSSR count). The van der Waals surface area contributed by atoms with Crippen LogP contribution in [0.2, 0.25) is 0 Å². The van der Waals surface area contributed by atoms with E-state index >= 15 is 0 Å². The molecule has 2 aromatic rings. The van der Waals surface area contributed by atoms with Gasteiger partial charge < -0.3 is 19.9 Å². The van der Waals surface area contributed by atoms with E-state index in [0.717, 1.165) is 61.2 Å². The maximum absolute atomic E-state index is 14.0. The Morgan fingerprint density at radius 3 is 2.20 bits per heavy atom. The number of carbonyl (C=O) groups excluding carboxylic acids is 2. The van der Waals surface area contributed by atoms with Crippen LogP contribution in [0.1, 0.15) is 86.1 Å². The molecule has 3 fully saturated rings. The standard InChI is InChI=1S/C33H46BrN3O3S/c1-32(2,3)28-26(27(34)29(41-28)33(4,5)6)31(39)37-18-23-16-36(17-24(23)19-37)14-12-25(21-10-8-7-9-11-21)35-30(38)22-13-15-40-20-22/h7-11,22-25H,12-20H2,1-6H3,(H,35,38)/t22?,23?,24?,25-/m0/s1. The number of fused-ring (bicyclic) bond motifs is 1. The molecule has 41 heavy (non-hydrogen) atoms. The number of nitrogens with one attached hydrogen (secondary N) is 1. The fourth-order valence-electron chi connectivity index (χ4n) is 6.56. The summed E-state index contributed by atoms with van der Waals surface area (Å²) in [6.07, 6.45) is 1.67. The molecule has 0 radical (unpaired) electrons. The third-order valence-electron chi connectivity index (χ3n) is 8.83. The molecule has 1 N–H and O–H groups in total. The van der Waals surface area contributed by atoms with E-state index < -0.39 is 0 Å². The minimum absolute atomic E-state index is 0.00779. The molecule has 0 spiro atoms. The number of nitrogens with zero attached hydrogens (tertiary/aromatic N) is 2. The van der Waals surface area contributed by atoms with E-state index in [9.17, 15) is 9.59 Å². The molecule has 3 aliphatic rings. The Bertz CT molecular complexity index is 1230. The first-order valence-electron chi connectivity index (χ1n) is 15.1. The molecule has 8 heteroatoms.